The minimum absolute atomic E-state index is 0.0763. The van der Waals surface area contributed by atoms with Gasteiger partial charge in [-0.1, -0.05) is 60.7 Å². The highest BCUT2D eigenvalue weighted by molar-refractivity contribution is 7.15. The lowest BCUT2D eigenvalue weighted by Gasteiger charge is -1.99. The number of rotatable bonds is 8. The summed E-state index contributed by atoms with van der Waals surface area (Å²) in [5, 5.41) is 10.1. The third-order valence-electron chi connectivity index (χ3n) is 6.50. The topological polar surface area (TPSA) is 63.1 Å². The van der Waals surface area contributed by atoms with Crippen molar-refractivity contribution in [3.05, 3.63) is 153 Å². The number of aliphatic hydroxyl groups excluding tert-OH is 1. The van der Waals surface area contributed by atoms with Crippen molar-refractivity contribution < 1.29 is 27.5 Å². The van der Waals surface area contributed by atoms with E-state index in [0.29, 0.717) is 34.8 Å². The van der Waals surface area contributed by atoms with Crippen LogP contribution in [0.4, 0.5) is 17.6 Å². The van der Waals surface area contributed by atoms with E-state index in [1.54, 1.807) is 0 Å². The molecule has 0 amide bonds. The molecule has 6 rings (SSSR count). The zero-order valence-electron chi connectivity index (χ0n) is 23.0. The van der Waals surface area contributed by atoms with Gasteiger partial charge in [0.15, 0.2) is 6.29 Å². The van der Waals surface area contributed by atoms with Gasteiger partial charge in [0.25, 0.3) is 0 Å². The van der Waals surface area contributed by atoms with Crippen LogP contribution in [0, 0.1) is 23.3 Å². The minimum atomic E-state index is -0.557. The van der Waals surface area contributed by atoms with Gasteiger partial charge >= 0.3 is 0 Å². The number of aromatic nitrogens is 2. The van der Waals surface area contributed by atoms with Gasteiger partial charge in [0.05, 0.1) is 12.3 Å². The Morgan fingerprint density at radius 3 is 1.61 bits per heavy atom. The van der Waals surface area contributed by atoms with Gasteiger partial charge < -0.3 is 5.11 Å². The summed E-state index contributed by atoms with van der Waals surface area (Å²) in [6.45, 7) is -0.227. The van der Waals surface area contributed by atoms with Crippen molar-refractivity contribution in [3.63, 3.8) is 0 Å². The van der Waals surface area contributed by atoms with E-state index in [1.165, 1.54) is 22.7 Å². The Morgan fingerprint density at radius 2 is 1.11 bits per heavy atom. The maximum absolute atomic E-state index is 13.9. The SMILES string of the molecule is O=Cc1nc(-c2cc(F)ccc2F)sc1Cc1ccccc1.OCc1nc(-c2cc(F)ccc2F)sc1Cc1ccccc1. The van der Waals surface area contributed by atoms with Crippen LogP contribution >= 0.6 is 22.7 Å². The second-order valence-corrected chi connectivity index (χ2v) is 11.7. The molecule has 2 heterocycles. The molecule has 2 aromatic heterocycles. The van der Waals surface area contributed by atoms with E-state index in [0.717, 1.165) is 57.3 Å². The highest BCUT2D eigenvalue weighted by Gasteiger charge is 2.17. The van der Waals surface area contributed by atoms with Crippen LogP contribution in [0.25, 0.3) is 21.1 Å². The Balaban J connectivity index is 0.000000175. The molecule has 0 radical (unpaired) electrons. The van der Waals surface area contributed by atoms with Crippen molar-refractivity contribution in [2.45, 2.75) is 19.4 Å². The summed E-state index contributed by atoms with van der Waals surface area (Å²) < 4.78 is 54.3. The van der Waals surface area contributed by atoms with Gasteiger partial charge in [-0.15, -0.1) is 22.7 Å². The van der Waals surface area contributed by atoms with Gasteiger partial charge in [0.1, 0.15) is 39.0 Å². The molecule has 0 spiro atoms. The van der Waals surface area contributed by atoms with Crippen molar-refractivity contribution in [2.75, 3.05) is 0 Å². The summed E-state index contributed by atoms with van der Waals surface area (Å²) in [4.78, 5) is 21.2. The summed E-state index contributed by atoms with van der Waals surface area (Å²) in [7, 11) is 0. The van der Waals surface area contributed by atoms with E-state index in [2.05, 4.69) is 9.97 Å². The molecular formula is C34H24F4N2O2S2. The first-order valence-corrected chi connectivity index (χ1v) is 15.0. The molecule has 0 aliphatic heterocycles. The standard InChI is InChI=1S/C17H13F2NOS.C17H11F2NOS/c2*18-12-6-7-14(19)13(9-12)17-20-15(10-21)16(22-17)8-11-4-2-1-3-5-11/h1-7,9,21H,8,10H2;1-7,9-10H,8H2. The first-order chi connectivity index (χ1) is 21.3. The maximum atomic E-state index is 13.9. The third kappa shape index (κ3) is 7.52. The zero-order chi connectivity index (χ0) is 31.1. The van der Waals surface area contributed by atoms with Crippen LogP contribution in [0.2, 0.25) is 0 Å². The molecule has 0 aliphatic rings. The second-order valence-electron chi connectivity index (χ2n) is 9.57. The third-order valence-corrected chi connectivity index (χ3v) is 8.74. The smallest absolute Gasteiger partial charge is 0.169 e. The molecule has 44 heavy (non-hydrogen) atoms. The molecule has 0 saturated carbocycles. The zero-order valence-corrected chi connectivity index (χ0v) is 24.6. The number of nitrogens with zero attached hydrogens (tertiary/aromatic N) is 2. The molecule has 10 heteroatoms. The number of halogens is 4. The van der Waals surface area contributed by atoms with Crippen molar-refractivity contribution in [1.82, 2.24) is 9.97 Å². The highest BCUT2D eigenvalue weighted by atomic mass is 32.1. The Hall–Kier alpha value is -4.51. The monoisotopic (exact) mass is 632 g/mol. The van der Waals surface area contributed by atoms with Crippen LogP contribution in [-0.4, -0.2) is 21.4 Å². The predicted octanol–water partition coefficient (Wildman–Crippen LogP) is 8.66. The molecule has 0 unspecified atom stereocenters. The number of hydrogen-bond acceptors (Lipinski definition) is 6. The molecular weight excluding hydrogens is 609 g/mol. The van der Waals surface area contributed by atoms with Crippen molar-refractivity contribution in [1.29, 1.82) is 0 Å². The molecule has 222 valence electrons. The van der Waals surface area contributed by atoms with Gasteiger partial charge in [-0.2, -0.15) is 0 Å². The molecule has 0 saturated heterocycles. The molecule has 0 aliphatic carbocycles. The van der Waals surface area contributed by atoms with Gasteiger partial charge in [0.2, 0.25) is 0 Å². The van der Waals surface area contributed by atoms with Crippen LogP contribution in [0.1, 0.15) is 37.1 Å². The molecule has 4 aromatic carbocycles. The first kappa shape index (κ1) is 30.9. The van der Waals surface area contributed by atoms with Gasteiger partial charge in [-0.25, -0.2) is 27.5 Å². The lowest BCUT2D eigenvalue weighted by Crippen LogP contribution is -1.92. The highest BCUT2D eigenvalue weighted by Crippen LogP contribution is 2.33. The van der Waals surface area contributed by atoms with E-state index in [9.17, 15) is 27.5 Å². The summed E-state index contributed by atoms with van der Waals surface area (Å²) in [6.07, 6.45) is 1.78. The number of carbonyl (C=O) groups is 1. The number of aldehydes is 1. The van der Waals surface area contributed by atoms with Crippen LogP contribution in [-0.2, 0) is 19.4 Å². The summed E-state index contributed by atoms with van der Waals surface area (Å²) >= 11 is 2.48. The van der Waals surface area contributed by atoms with E-state index < -0.39 is 23.3 Å². The van der Waals surface area contributed by atoms with E-state index >= 15 is 0 Å². The number of thiazole rings is 2. The normalized spacial score (nSPS) is 10.8. The predicted molar refractivity (Wildman–Crippen MR) is 165 cm³/mol. The Bertz CT molecular complexity index is 1880. The Labute approximate surface area is 259 Å². The molecule has 0 bridgehead atoms. The van der Waals surface area contributed by atoms with Crippen LogP contribution < -0.4 is 0 Å². The van der Waals surface area contributed by atoms with Crippen LogP contribution in [0.15, 0.2) is 97.1 Å². The van der Waals surface area contributed by atoms with Crippen molar-refractivity contribution in [2.24, 2.45) is 0 Å². The van der Waals surface area contributed by atoms with Gasteiger partial charge in [-0.3, -0.25) is 4.79 Å². The van der Waals surface area contributed by atoms with Gasteiger partial charge in [-0.05, 0) is 47.5 Å². The summed E-state index contributed by atoms with van der Waals surface area (Å²) in [5.74, 6) is -2.13. The molecule has 4 nitrogen and oxygen atoms in total. The van der Waals surface area contributed by atoms with Crippen LogP contribution in [0.5, 0.6) is 0 Å². The van der Waals surface area contributed by atoms with Crippen molar-refractivity contribution in [3.8, 4) is 21.1 Å². The number of hydrogen-bond donors (Lipinski definition) is 1. The largest absolute Gasteiger partial charge is 0.390 e. The minimum Gasteiger partial charge on any atom is -0.390 e. The lowest BCUT2D eigenvalue weighted by atomic mass is 10.1. The molecule has 0 atom stereocenters. The summed E-state index contributed by atoms with van der Waals surface area (Å²) in [5.41, 5.74) is 3.08. The molecule has 1 N–H and O–H groups in total. The molecule has 0 fully saturated rings. The second kappa shape index (κ2) is 14.3. The number of benzene rings is 4. The maximum Gasteiger partial charge on any atom is 0.169 e. The summed E-state index contributed by atoms with van der Waals surface area (Å²) in [6, 6.07) is 25.8. The fraction of sp³-hybridized carbons (Fsp3) is 0.0882. The van der Waals surface area contributed by atoms with Crippen molar-refractivity contribution >= 4 is 29.0 Å². The van der Waals surface area contributed by atoms with E-state index in [4.69, 9.17) is 0 Å². The number of aliphatic hydroxyl groups is 1. The average Bonchev–Trinajstić information content (AvgIpc) is 3.64. The average molecular weight is 633 g/mol. The Morgan fingerprint density at radius 1 is 0.636 bits per heavy atom. The Kier molecular flexibility index (Phi) is 10.1. The van der Waals surface area contributed by atoms with Crippen LogP contribution in [0.3, 0.4) is 0 Å². The lowest BCUT2D eigenvalue weighted by molar-refractivity contribution is 0.111. The van der Waals surface area contributed by atoms with Gasteiger partial charge in [0, 0.05) is 33.7 Å². The fourth-order valence-electron chi connectivity index (χ4n) is 4.34. The van der Waals surface area contributed by atoms with E-state index in [-0.39, 0.29) is 23.4 Å². The quantitative estimate of drug-likeness (QED) is 0.135. The number of carbonyl (C=O) groups excluding carboxylic acids is 1. The fourth-order valence-corrected chi connectivity index (χ4v) is 6.55. The van der Waals surface area contributed by atoms with E-state index in [1.807, 2.05) is 60.7 Å². The first-order valence-electron chi connectivity index (χ1n) is 13.4. The molecule has 6 aromatic rings.